The summed E-state index contributed by atoms with van der Waals surface area (Å²) < 4.78 is 0. The van der Waals surface area contributed by atoms with E-state index in [0.29, 0.717) is 12.5 Å². The molecular weight excluding hydrogens is 220 g/mol. The molecule has 1 unspecified atom stereocenters. The smallest absolute Gasteiger partial charge is 0.135 e. The Labute approximate surface area is 100 Å². The van der Waals surface area contributed by atoms with Gasteiger partial charge in [-0.2, -0.15) is 0 Å². The van der Waals surface area contributed by atoms with Crippen molar-refractivity contribution in [1.29, 1.82) is 0 Å². The molecule has 16 heavy (non-hydrogen) atoms. The zero-order chi connectivity index (χ0) is 11.4. The molecule has 3 nitrogen and oxygen atoms in total. The highest BCUT2D eigenvalue weighted by molar-refractivity contribution is 7.11. The van der Waals surface area contributed by atoms with Crippen LogP contribution in [0.2, 0.25) is 0 Å². The summed E-state index contributed by atoms with van der Waals surface area (Å²) in [6.07, 6.45) is 7.28. The van der Waals surface area contributed by atoms with Crippen LogP contribution in [0, 0.1) is 0 Å². The first-order chi connectivity index (χ1) is 7.74. The highest BCUT2D eigenvalue weighted by Crippen LogP contribution is 2.18. The highest BCUT2D eigenvalue weighted by atomic mass is 32.1. The minimum absolute atomic E-state index is 0.214. The molecular formula is C12H18N2OS. The van der Waals surface area contributed by atoms with Gasteiger partial charge in [0.2, 0.25) is 0 Å². The maximum absolute atomic E-state index is 11.0. The van der Waals surface area contributed by atoms with Crippen LogP contribution < -0.4 is 5.32 Å². The monoisotopic (exact) mass is 238 g/mol. The van der Waals surface area contributed by atoms with Crippen molar-refractivity contribution < 1.29 is 4.79 Å². The lowest BCUT2D eigenvalue weighted by molar-refractivity contribution is -0.116. The van der Waals surface area contributed by atoms with Crippen LogP contribution in [0.25, 0.3) is 0 Å². The van der Waals surface area contributed by atoms with Gasteiger partial charge in [0, 0.05) is 30.0 Å². The lowest BCUT2D eigenvalue weighted by atomic mass is 10.0. The number of nitrogens with zero attached hydrogens (tertiary/aromatic N) is 1. The standard InChI is InChI=1S/C12H18N2OS/c1-9(15)6-11-8-14-12(16-11)7-10-4-2-3-5-13-10/h8,10,13H,2-7H2,1H3. The van der Waals surface area contributed by atoms with Crippen LogP contribution in [0.1, 0.15) is 36.1 Å². The van der Waals surface area contributed by atoms with Gasteiger partial charge in [0.05, 0.1) is 5.01 Å². The first kappa shape index (κ1) is 11.7. The molecule has 1 fully saturated rings. The van der Waals surface area contributed by atoms with Crippen molar-refractivity contribution in [2.45, 2.75) is 45.1 Å². The minimum Gasteiger partial charge on any atom is -0.314 e. The summed E-state index contributed by atoms with van der Waals surface area (Å²) in [7, 11) is 0. The third-order valence-corrected chi connectivity index (χ3v) is 3.88. The molecule has 4 heteroatoms. The zero-order valence-corrected chi connectivity index (χ0v) is 10.5. The Hall–Kier alpha value is -0.740. The number of thiazole rings is 1. The molecule has 1 aromatic heterocycles. The molecule has 2 heterocycles. The molecule has 1 aliphatic rings. The van der Waals surface area contributed by atoms with E-state index in [1.165, 1.54) is 19.3 Å². The van der Waals surface area contributed by atoms with E-state index in [2.05, 4.69) is 10.3 Å². The molecule has 1 N–H and O–H groups in total. The number of carbonyl (C=O) groups is 1. The van der Waals surface area contributed by atoms with Crippen molar-refractivity contribution in [3.05, 3.63) is 16.1 Å². The van der Waals surface area contributed by atoms with Crippen LogP contribution >= 0.6 is 11.3 Å². The van der Waals surface area contributed by atoms with E-state index in [1.54, 1.807) is 18.3 Å². The second-order valence-corrected chi connectivity index (χ2v) is 5.65. The normalized spacial score (nSPS) is 20.9. The average molecular weight is 238 g/mol. The van der Waals surface area contributed by atoms with Gasteiger partial charge in [0.25, 0.3) is 0 Å². The molecule has 0 aromatic carbocycles. The first-order valence-corrected chi connectivity index (χ1v) is 6.72. The van der Waals surface area contributed by atoms with Gasteiger partial charge in [0.15, 0.2) is 0 Å². The zero-order valence-electron chi connectivity index (χ0n) is 9.66. The van der Waals surface area contributed by atoms with Crippen LogP contribution in [-0.4, -0.2) is 23.4 Å². The van der Waals surface area contributed by atoms with E-state index < -0.39 is 0 Å². The number of ketones is 1. The van der Waals surface area contributed by atoms with E-state index in [9.17, 15) is 4.79 Å². The maximum Gasteiger partial charge on any atom is 0.135 e. The SMILES string of the molecule is CC(=O)Cc1cnc(CC2CCCCN2)s1. The van der Waals surface area contributed by atoms with Crippen molar-refractivity contribution in [3.63, 3.8) is 0 Å². The van der Waals surface area contributed by atoms with Crippen LogP contribution in [0.3, 0.4) is 0 Å². The van der Waals surface area contributed by atoms with Crippen molar-refractivity contribution in [1.82, 2.24) is 10.3 Å². The van der Waals surface area contributed by atoms with E-state index in [-0.39, 0.29) is 5.78 Å². The largest absolute Gasteiger partial charge is 0.314 e. The van der Waals surface area contributed by atoms with Crippen LogP contribution in [-0.2, 0) is 17.6 Å². The molecule has 0 saturated carbocycles. The summed E-state index contributed by atoms with van der Waals surface area (Å²) in [5, 5.41) is 4.68. The molecule has 1 aliphatic heterocycles. The summed E-state index contributed by atoms with van der Waals surface area (Å²) >= 11 is 1.68. The van der Waals surface area contributed by atoms with E-state index >= 15 is 0 Å². The number of hydrogen-bond acceptors (Lipinski definition) is 4. The summed E-state index contributed by atoms with van der Waals surface area (Å²) in [6, 6.07) is 0.588. The van der Waals surface area contributed by atoms with Gasteiger partial charge in [0.1, 0.15) is 5.78 Å². The lowest BCUT2D eigenvalue weighted by Crippen LogP contribution is -2.35. The summed E-state index contributed by atoms with van der Waals surface area (Å²) in [5.74, 6) is 0.214. The number of Topliss-reactive ketones (excluding diaryl/α,β-unsaturated/α-hetero) is 1. The second kappa shape index (κ2) is 5.55. The quantitative estimate of drug-likeness (QED) is 0.872. The summed E-state index contributed by atoms with van der Waals surface area (Å²) in [5.41, 5.74) is 0. The van der Waals surface area contributed by atoms with Crippen LogP contribution in [0.4, 0.5) is 0 Å². The van der Waals surface area contributed by atoms with Crippen LogP contribution in [0.15, 0.2) is 6.20 Å². The highest BCUT2D eigenvalue weighted by Gasteiger charge is 2.15. The third kappa shape index (κ3) is 3.39. The number of nitrogens with one attached hydrogen (secondary N) is 1. The Morgan fingerprint density at radius 1 is 1.62 bits per heavy atom. The summed E-state index contributed by atoms with van der Waals surface area (Å²) in [6.45, 7) is 2.76. The van der Waals surface area contributed by atoms with Gasteiger partial charge in [-0.25, -0.2) is 4.98 Å². The molecule has 1 aromatic rings. The first-order valence-electron chi connectivity index (χ1n) is 5.90. The predicted molar refractivity (Wildman–Crippen MR) is 65.8 cm³/mol. The van der Waals surface area contributed by atoms with E-state index in [1.807, 2.05) is 6.20 Å². The van der Waals surface area contributed by atoms with Crippen molar-refractivity contribution in [3.8, 4) is 0 Å². The lowest BCUT2D eigenvalue weighted by Gasteiger charge is -2.22. The van der Waals surface area contributed by atoms with Gasteiger partial charge < -0.3 is 5.32 Å². The Kier molecular flexibility index (Phi) is 4.07. The Balaban J connectivity index is 1.88. The van der Waals surface area contributed by atoms with Gasteiger partial charge in [-0.1, -0.05) is 6.42 Å². The number of piperidine rings is 1. The third-order valence-electron chi connectivity index (χ3n) is 2.86. The fourth-order valence-corrected chi connectivity index (χ4v) is 3.15. The molecule has 1 saturated heterocycles. The van der Waals surface area contributed by atoms with Gasteiger partial charge in [-0.3, -0.25) is 4.79 Å². The van der Waals surface area contributed by atoms with Gasteiger partial charge in [-0.05, 0) is 26.3 Å². The number of carbonyl (C=O) groups excluding carboxylic acids is 1. The molecule has 0 amide bonds. The van der Waals surface area contributed by atoms with Crippen molar-refractivity contribution in [2.24, 2.45) is 0 Å². The molecule has 2 rings (SSSR count). The van der Waals surface area contributed by atoms with Gasteiger partial charge in [-0.15, -0.1) is 11.3 Å². The Morgan fingerprint density at radius 3 is 3.19 bits per heavy atom. The molecule has 0 aliphatic carbocycles. The number of rotatable bonds is 4. The van der Waals surface area contributed by atoms with Crippen molar-refractivity contribution in [2.75, 3.05) is 6.54 Å². The second-order valence-electron chi connectivity index (χ2n) is 4.45. The fraction of sp³-hybridized carbons (Fsp3) is 0.667. The molecule has 0 spiro atoms. The topological polar surface area (TPSA) is 42.0 Å². The maximum atomic E-state index is 11.0. The van der Waals surface area contributed by atoms with Crippen LogP contribution in [0.5, 0.6) is 0 Å². The molecule has 88 valence electrons. The molecule has 1 atom stereocenters. The average Bonchev–Trinajstić information content (AvgIpc) is 2.66. The van der Waals surface area contributed by atoms with Crippen molar-refractivity contribution >= 4 is 17.1 Å². The molecule has 0 radical (unpaired) electrons. The molecule has 0 bridgehead atoms. The van der Waals surface area contributed by atoms with E-state index in [0.717, 1.165) is 22.9 Å². The fourth-order valence-electron chi connectivity index (χ4n) is 2.08. The number of hydrogen-bond donors (Lipinski definition) is 1. The predicted octanol–water partition coefficient (Wildman–Crippen LogP) is 1.96. The van der Waals surface area contributed by atoms with E-state index in [4.69, 9.17) is 0 Å². The minimum atomic E-state index is 0.214. The Morgan fingerprint density at radius 2 is 2.50 bits per heavy atom. The Bertz CT molecular complexity index is 356. The van der Waals surface area contributed by atoms with Gasteiger partial charge >= 0.3 is 0 Å². The summed E-state index contributed by atoms with van der Waals surface area (Å²) in [4.78, 5) is 16.5. The number of aromatic nitrogens is 1.